The second-order valence-electron chi connectivity index (χ2n) is 4.55. The maximum atomic E-state index is 11.9. The van der Waals surface area contributed by atoms with Crippen LogP contribution in [-0.2, 0) is 4.74 Å². The van der Waals surface area contributed by atoms with Gasteiger partial charge in [-0.05, 0) is 39.2 Å². The van der Waals surface area contributed by atoms with Gasteiger partial charge in [-0.25, -0.2) is 4.79 Å². The van der Waals surface area contributed by atoms with Gasteiger partial charge in [0, 0.05) is 6.54 Å². The van der Waals surface area contributed by atoms with Crippen molar-refractivity contribution in [3.8, 4) is 11.5 Å². The zero-order valence-corrected chi connectivity index (χ0v) is 10.8. The quantitative estimate of drug-likeness (QED) is 0.759. The second-order valence-corrected chi connectivity index (χ2v) is 4.55. The molecule has 0 radical (unpaired) electrons. The van der Waals surface area contributed by atoms with Gasteiger partial charge in [0.2, 0.25) is 6.79 Å². The highest BCUT2D eigenvalue weighted by atomic mass is 16.7. The Morgan fingerprint density at radius 1 is 1.39 bits per heavy atom. The van der Waals surface area contributed by atoms with Gasteiger partial charge in [0.05, 0.1) is 5.56 Å². The average Bonchev–Trinajstić information content (AvgIpc) is 2.74. The Kier molecular flexibility index (Phi) is 3.72. The lowest BCUT2D eigenvalue weighted by Crippen LogP contribution is -2.28. The number of esters is 1. The van der Waals surface area contributed by atoms with Gasteiger partial charge in [0.1, 0.15) is 6.10 Å². The molecular weight excluding hydrogens is 234 g/mol. The van der Waals surface area contributed by atoms with Gasteiger partial charge in [0.15, 0.2) is 11.5 Å². The van der Waals surface area contributed by atoms with E-state index in [2.05, 4.69) is 0 Å². The van der Waals surface area contributed by atoms with Crippen LogP contribution in [0.3, 0.4) is 0 Å². The van der Waals surface area contributed by atoms with Crippen molar-refractivity contribution in [1.82, 2.24) is 4.90 Å². The fourth-order valence-electron chi connectivity index (χ4n) is 1.83. The number of benzene rings is 1. The van der Waals surface area contributed by atoms with E-state index in [1.165, 1.54) is 0 Å². The number of nitrogens with zero attached hydrogens (tertiary/aromatic N) is 1. The molecule has 0 saturated carbocycles. The molecule has 1 aliphatic rings. The molecule has 5 heteroatoms. The summed E-state index contributed by atoms with van der Waals surface area (Å²) < 4.78 is 15.7. The molecule has 1 aliphatic heterocycles. The van der Waals surface area contributed by atoms with E-state index in [1.807, 2.05) is 25.9 Å². The number of hydrogen-bond donors (Lipinski definition) is 0. The third-order valence-electron chi connectivity index (χ3n) is 2.54. The van der Waals surface area contributed by atoms with Gasteiger partial charge >= 0.3 is 5.97 Å². The van der Waals surface area contributed by atoms with Crippen molar-refractivity contribution in [2.24, 2.45) is 0 Å². The third kappa shape index (κ3) is 2.92. The Hall–Kier alpha value is -1.75. The highest BCUT2D eigenvalue weighted by Gasteiger charge is 2.18. The van der Waals surface area contributed by atoms with Crippen LogP contribution in [-0.4, -0.2) is 44.4 Å². The number of fused-ring (bicyclic) bond motifs is 1. The molecule has 0 aromatic heterocycles. The smallest absolute Gasteiger partial charge is 0.338 e. The lowest BCUT2D eigenvalue weighted by Gasteiger charge is -2.17. The minimum absolute atomic E-state index is 0.155. The first kappa shape index (κ1) is 12.7. The summed E-state index contributed by atoms with van der Waals surface area (Å²) in [5.41, 5.74) is 0.477. The number of rotatable bonds is 4. The molecule has 0 bridgehead atoms. The van der Waals surface area contributed by atoms with Crippen LogP contribution in [0, 0.1) is 0 Å². The average molecular weight is 251 g/mol. The number of ether oxygens (including phenoxy) is 3. The van der Waals surface area contributed by atoms with E-state index in [4.69, 9.17) is 14.2 Å². The SMILES string of the molecule is C[C@@H](CN(C)C)OC(=O)c1ccc2c(c1)OCO2. The van der Waals surface area contributed by atoms with Crippen LogP contribution in [0.4, 0.5) is 0 Å². The van der Waals surface area contributed by atoms with Crippen molar-refractivity contribution in [2.75, 3.05) is 27.4 Å². The third-order valence-corrected chi connectivity index (χ3v) is 2.54. The first-order valence-electron chi connectivity index (χ1n) is 5.81. The second kappa shape index (κ2) is 5.27. The van der Waals surface area contributed by atoms with Gasteiger partial charge in [0.25, 0.3) is 0 Å². The van der Waals surface area contributed by atoms with Crippen molar-refractivity contribution in [2.45, 2.75) is 13.0 Å². The van der Waals surface area contributed by atoms with Crippen molar-refractivity contribution in [1.29, 1.82) is 0 Å². The Labute approximate surface area is 106 Å². The Balaban J connectivity index is 2.01. The molecule has 1 aromatic rings. The molecule has 0 fully saturated rings. The number of hydrogen-bond acceptors (Lipinski definition) is 5. The lowest BCUT2D eigenvalue weighted by atomic mass is 10.2. The standard InChI is InChI=1S/C13H17NO4/c1-9(7-14(2)3)18-13(15)10-4-5-11-12(6-10)17-8-16-11/h4-6,9H,7-8H2,1-3H3/t9-/m0/s1. The van der Waals surface area contributed by atoms with Crippen LogP contribution < -0.4 is 9.47 Å². The number of carbonyl (C=O) groups is 1. The maximum Gasteiger partial charge on any atom is 0.338 e. The summed E-state index contributed by atoms with van der Waals surface area (Å²) in [6.07, 6.45) is -0.155. The largest absolute Gasteiger partial charge is 0.458 e. The van der Waals surface area contributed by atoms with Gasteiger partial charge in [-0.1, -0.05) is 0 Å². The molecule has 0 N–H and O–H groups in total. The summed E-state index contributed by atoms with van der Waals surface area (Å²) in [4.78, 5) is 13.9. The topological polar surface area (TPSA) is 48.0 Å². The molecule has 0 saturated heterocycles. The van der Waals surface area contributed by atoms with Crippen LogP contribution in [0.2, 0.25) is 0 Å². The fourth-order valence-corrected chi connectivity index (χ4v) is 1.83. The Bertz CT molecular complexity index is 445. The molecule has 1 heterocycles. The minimum Gasteiger partial charge on any atom is -0.458 e. The van der Waals surface area contributed by atoms with E-state index >= 15 is 0 Å². The van der Waals surface area contributed by atoms with Crippen molar-refractivity contribution < 1.29 is 19.0 Å². The molecule has 0 aliphatic carbocycles. The number of carbonyl (C=O) groups excluding carboxylic acids is 1. The van der Waals surface area contributed by atoms with Gasteiger partial charge in [-0.15, -0.1) is 0 Å². The number of likely N-dealkylation sites (N-methyl/N-ethyl adjacent to an activating group) is 1. The normalized spacial score (nSPS) is 14.7. The predicted molar refractivity (Wildman–Crippen MR) is 66.0 cm³/mol. The molecule has 1 atom stereocenters. The van der Waals surface area contributed by atoms with Crippen molar-refractivity contribution >= 4 is 5.97 Å². The van der Waals surface area contributed by atoms with E-state index in [1.54, 1.807) is 18.2 Å². The lowest BCUT2D eigenvalue weighted by molar-refractivity contribution is 0.0288. The molecule has 5 nitrogen and oxygen atoms in total. The molecule has 0 amide bonds. The van der Waals surface area contributed by atoms with E-state index in [0.717, 1.165) is 0 Å². The van der Waals surface area contributed by atoms with Crippen molar-refractivity contribution in [3.05, 3.63) is 23.8 Å². The zero-order valence-electron chi connectivity index (χ0n) is 10.8. The molecule has 1 aromatic carbocycles. The highest BCUT2D eigenvalue weighted by molar-refractivity contribution is 5.90. The fraction of sp³-hybridized carbons (Fsp3) is 0.462. The minimum atomic E-state index is -0.345. The molecule has 0 spiro atoms. The van der Waals surface area contributed by atoms with E-state index < -0.39 is 0 Å². The first-order chi connectivity index (χ1) is 8.56. The van der Waals surface area contributed by atoms with E-state index in [0.29, 0.717) is 23.6 Å². The molecule has 98 valence electrons. The summed E-state index contributed by atoms with van der Waals surface area (Å²) in [6.45, 7) is 2.76. The van der Waals surface area contributed by atoms with Crippen LogP contribution >= 0.6 is 0 Å². The maximum absolute atomic E-state index is 11.9. The summed E-state index contributed by atoms with van der Waals surface area (Å²) in [7, 11) is 3.87. The van der Waals surface area contributed by atoms with Crippen molar-refractivity contribution in [3.63, 3.8) is 0 Å². The summed E-state index contributed by atoms with van der Waals surface area (Å²) >= 11 is 0. The Morgan fingerprint density at radius 2 is 2.11 bits per heavy atom. The summed E-state index contributed by atoms with van der Waals surface area (Å²) in [6, 6.07) is 5.04. The van der Waals surface area contributed by atoms with E-state index in [-0.39, 0.29) is 18.9 Å². The Morgan fingerprint density at radius 3 is 2.83 bits per heavy atom. The first-order valence-corrected chi connectivity index (χ1v) is 5.81. The van der Waals surface area contributed by atoms with Gasteiger partial charge in [-0.3, -0.25) is 0 Å². The monoisotopic (exact) mass is 251 g/mol. The predicted octanol–water partition coefficient (Wildman–Crippen LogP) is 1.52. The zero-order chi connectivity index (χ0) is 13.1. The summed E-state index contributed by atoms with van der Waals surface area (Å²) in [5.74, 6) is 0.903. The van der Waals surface area contributed by atoms with Crippen LogP contribution in [0.15, 0.2) is 18.2 Å². The molecule has 2 rings (SSSR count). The molecular formula is C13H17NO4. The molecule has 18 heavy (non-hydrogen) atoms. The highest BCUT2D eigenvalue weighted by Crippen LogP contribution is 2.32. The molecule has 0 unspecified atom stereocenters. The van der Waals surface area contributed by atoms with Gasteiger partial charge < -0.3 is 19.1 Å². The van der Waals surface area contributed by atoms with Crippen LogP contribution in [0.25, 0.3) is 0 Å². The summed E-state index contributed by atoms with van der Waals surface area (Å²) in [5, 5.41) is 0. The van der Waals surface area contributed by atoms with Gasteiger partial charge in [-0.2, -0.15) is 0 Å². The van der Waals surface area contributed by atoms with E-state index in [9.17, 15) is 4.79 Å². The van der Waals surface area contributed by atoms with Crippen LogP contribution in [0.5, 0.6) is 11.5 Å². The van der Waals surface area contributed by atoms with Crippen LogP contribution in [0.1, 0.15) is 17.3 Å².